The van der Waals surface area contributed by atoms with E-state index in [0.717, 1.165) is 11.1 Å². The molecule has 0 unspecified atom stereocenters. The number of rotatable bonds is 1. The second-order valence-corrected chi connectivity index (χ2v) is 3.35. The van der Waals surface area contributed by atoms with E-state index in [2.05, 4.69) is 6.07 Å². The first kappa shape index (κ1) is 7.89. The molecule has 0 amide bonds. The Bertz CT molecular complexity index is 308. The summed E-state index contributed by atoms with van der Waals surface area (Å²) in [6, 6.07) is 2.05. The number of nitrogen functional groups attached to an aromatic ring is 2. The van der Waals surface area contributed by atoms with Gasteiger partial charge in [-0.25, -0.2) is 0 Å². The van der Waals surface area contributed by atoms with Gasteiger partial charge < -0.3 is 11.5 Å². The highest BCUT2D eigenvalue weighted by Gasteiger charge is 2.09. The summed E-state index contributed by atoms with van der Waals surface area (Å²) in [5.74, 6) is 0. The molecular formula is C7H9N3S. The summed E-state index contributed by atoms with van der Waals surface area (Å²) in [7, 11) is 0. The third-order valence-electron chi connectivity index (χ3n) is 1.60. The predicted molar refractivity (Wildman–Crippen MR) is 47.2 cm³/mol. The van der Waals surface area contributed by atoms with Crippen molar-refractivity contribution in [1.29, 1.82) is 5.26 Å². The third kappa shape index (κ3) is 1.28. The molecule has 4 heteroatoms. The van der Waals surface area contributed by atoms with Crippen LogP contribution in [-0.4, -0.2) is 0 Å². The SMILES string of the molecule is Cc1c(N)sc(N)c1CC#N. The fourth-order valence-corrected chi connectivity index (χ4v) is 1.75. The maximum atomic E-state index is 8.44. The smallest absolute Gasteiger partial charge is 0.0923 e. The Morgan fingerprint density at radius 3 is 2.45 bits per heavy atom. The number of nitrogens with two attached hydrogens (primary N) is 2. The highest BCUT2D eigenvalue weighted by atomic mass is 32.1. The molecule has 0 saturated heterocycles. The van der Waals surface area contributed by atoms with E-state index < -0.39 is 0 Å². The molecule has 0 saturated carbocycles. The van der Waals surface area contributed by atoms with Crippen LogP contribution in [0.25, 0.3) is 0 Å². The van der Waals surface area contributed by atoms with Gasteiger partial charge in [-0.15, -0.1) is 11.3 Å². The molecule has 11 heavy (non-hydrogen) atoms. The molecule has 58 valence electrons. The van der Waals surface area contributed by atoms with Crippen LogP contribution in [0.15, 0.2) is 0 Å². The molecule has 0 spiro atoms. The van der Waals surface area contributed by atoms with Gasteiger partial charge in [0.25, 0.3) is 0 Å². The Balaban J connectivity index is 3.14. The first-order chi connectivity index (χ1) is 5.16. The van der Waals surface area contributed by atoms with Gasteiger partial charge in [-0.1, -0.05) is 0 Å². The normalized spacial score (nSPS) is 9.45. The molecule has 0 bridgehead atoms. The summed E-state index contributed by atoms with van der Waals surface area (Å²) in [5.41, 5.74) is 13.1. The maximum Gasteiger partial charge on any atom is 0.0923 e. The standard InChI is InChI=1S/C7H9N3S/c1-4-5(2-3-8)7(10)11-6(4)9/h2,9-10H2,1H3. The summed E-state index contributed by atoms with van der Waals surface area (Å²) in [5, 5.41) is 9.82. The van der Waals surface area contributed by atoms with Gasteiger partial charge in [0, 0.05) is 5.56 Å². The van der Waals surface area contributed by atoms with E-state index in [9.17, 15) is 0 Å². The number of nitriles is 1. The van der Waals surface area contributed by atoms with Crippen LogP contribution in [0, 0.1) is 18.3 Å². The summed E-state index contributed by atoms with van der Waals surface area (Å²) in [4.78, 5) is 0. The maximum absolute atomic E-state index is 8.44. The van der Waals surface area contributed by atoms with Gasteiger partial charge in [0.2, 0.25) is 0 Å². The lowest BCUT2D eigenvalue weighted by Crippen LogP contribution is -1.90. The van der Waals surface area contributed by atoms with Gasteiger partial charge >= 0.3 is 0 Å². The van der Waals surface area contributed by atoms with E-state index >= 15 is 0 Å². The van der Waals surface area contributed by atoms with Crippen LogP contribution in [0.3, 0.4) is 0 Å². The Labute approximate surface area is 69.2 Å². The van der Waals surface area contributed by atoms with Crippen molar-refractivity contribution in [2.75, 3.05) is 11.5 Å². The highest BCUT2D eigenvalue weighted by molar-refractivity contribution is 7.20. The van der Waals surface area contributed by atoms with Crippen molar-refractivity contribution in [3.63, 3.8) is 0 Å². The minimum absolute atomic E-state index is 0.353. The molecular weight excluding hydrogens is 158 g/mol. The first-order valence-electron chi connectivity index (χ1n) is 3.17. The van der Waals surface area contributed by atoms with Gasteiger partial charge in [0.05, 0.1) is 22.5 Å². The van der Waals surface area contributed by atoms with Crippen LogP contribution in [0.4, 0.5) is 10.0 Å². The van der Waals surface area contributed by atoms with Gasteiger partial charge in [0.15, 0.2) is 0 Å². The molecule has 4 N–H and O–H groups in total. The minimum atomic E-state index is 0.353. The fraction of sp³-hybridized carbons (Fsp3) is 0.286. The molecule has 1 heterocycles. The van der Waals surface area contributed by atoms with Crippen molar-refractivity contribution < 1.29 is 0 Å². The zero-order valence-electron chi connectivity index (χ0n) is 6.22. The second-order valence-electron chi connectivity index (χ2n) is 2.27. The largest absolute Gasteiger partial charge is 0.390 e. The number of hydrogen-bond acceptors (Lipinski definition) is 4. The summed E-state index contributed by atoms with van der Waals surface area (Å²) in [6.45, 7) is 1.88. The van der Waals surface area contributed by atoms with Gasteiger partial charge in [-0.05, 0) is 12.5 Å². The van der Waals surface area contributed by atoms with Crippen LogP contribution >= 0.6 is 11.3 Å². The van der Waals surface area contributed by atoms with Gasteiger partial charge in [-0.2, -0.15) is 5.26 Å². The molecule has 0 radical (unpaired) electrons. The van der Waals surface area contributed by atoms with E-state index in [4.69, 9.17) is 16.7 Å². The molecule has 0 aliphatic heterocycles. The second kappa shape index (κ2) is 2.81. The topological polar surface area (TPSA) is 75.8 Å². The van der Waals surface area contributed by atoms with Gasteiger partial charge in [0.1, 0.15) is 0 Å². The number of nitrogens with zero attached hydrogens (tertiary/aromatic N) is 1. The Kier molecular flexibility index (Phi) is 2.01. The molecule has 3 nitrogen and oxygen atoms in total. The van der Waals surface area contributed by atoms with Crippen LogP contribution in [0.1, 0.15) is 11.1 Å². The van der Waals surface area contributed by atoms with E-state index in [-0.39, 0.29) is 0 Å². The van der Waals surface area contributed by atoms with Crippen molar-refractivity contribution in [1.82, 2.24) is 0 Å². The van der Waals surface area contributed by atoms with Gasteiger partial charge in [-0.3, -0.25) is 0 Å². The average molecular weight is 167 g/mol. The van der Waals surface area contributed by atoms with Crippen molar-refractivity contribution in [2.24, 2.45) is 0 Å². The lowest BCUT2D eigenvalue weighted by Gasteiger charge is -1.92. The predicted octanol–water partition coefficient (Wildman–Crippen LogP) is 1.29. The zero-order chi connectivity index (χ0) is 8.43. The molecule has 0 aliphatic carbocycles. The Morgan fingerprint density at radius 2 is 2.09 bits per heavy atom. The van der Waals surface area contributed by atoms with Crippen molar-refractivity contribution >= 4 is 21.3 Å². The number of thiophene rings is 1. The quantitative estimate of drug-likeness (QED) is 0.661. The van der Waals surface area contributed by atoms with Crippen LogP contribution in [-0.2, 0) is 6.42 Å². The first-order valence-corrected chi connectivity index (χ1v) is 3.98. The molecule has 1 aromatic heterocycles. The highest BCUT2D eigenvalue weighted by Crippen LogP contribution is 2.32. The van der Waals surface area contributed by atoms with Crippen LogP contribution < -0.4 is 11.5 Å². The summed E-state index contributed by atoms with van der Waals surface area (Å²) in [6.07, 6.45) is 0.353. The van der Waals surface area contributed by atoms with E-state index in [1.807, 2.05) is 6.92 Å². The molecule has 0 fully saturated rings. The van der Waals surface area contributed by atoms with Crippen molar-refractivity contribution in [3.8, 4) is 6.07 Å². The van der Waals surface area contributed by atoms with E-state index in [1.54, 1.807) is 0 Å². The summed E-state index contributed by atoms with van der Waals surface area (Å²) < 4.78 is 0. The number of hydrogen-bond donors (Lipinski definition) is 2. The van der Waals surface area contributed by atoms with Crippen LogP contribution in [0.2, 0.25) is 0 Å². The number of anilines is 2. The van der Waals surface area contributed by atoms with Crippen LogP contribution in [0.5, 0.6) is 0 Å². The Morgan fingerprint density at radius 1 is 1.45 bits per heavy atom. The summed E-state index contributed by atoms with van der Waals surface area (Å²) >= 11 is 1.34. The molecule has 0 aromatic carbocycles. The molecule has 0 atom stereocenters. The third-order valence-corrected chi connectivity index (χ3v) is 2.59. The van der Waals surface area contributed by atoms with Crippen molar-refractivity contribution in [3.05, 3.63) is 11.1 Å². The molecule has 0 aliphatic rings. The lowest BCUT2D eigenvalue weighted by atomic mass is 10.1. The molecule has 1 rings (SSSR count). The minimum Gasteiger partial charge on any atom is -0.390 e. The van der Waals surface area contributed by atoms with E-state index in [1.165, 1.54) is 11.3 Å². The Hall–Kier alpha value is -1.21. The fourth-order valence-electron chi connectivity index (χ4n) is 0.889. The average Bonchev–Trinajstić information content (AvgIpc) is 2.17. The lowest BCUT2D eigenvalue weighted by molar-refractivity contribution is 1.25. The molecule has 1 aromatic rings. The monoisotopic (exact) mass is 167 g/mol. The zero-order valence-corrected chi connectivity index (χ0v) is 7.03. The van der Waals surface area contributed by atoms with Crippen molar-refractivity contribution in [2.45, 2.75) is 13.3 Å². The van der Waals surface area contributed by atoms with E-state index in [0.29, 0.717) is 16.4 Å².